The number of hydrogen-bond acceptors (Lipinski definition) is 3. The predicted octanol–water partition coefficient (Wildman–Crippen LogP) is 1.75. The molecule has 1 N–H and O–H groups in total. The van der Waals surface area contributed by atoms with Gasteiger partial charge in [-0.05, 0) is 13.3 Å². The number of aliphatic hydroxyl groups excluding tert-OH is 1. The number of hydrogen-bond donors (Lipinski definition) is 1. The minimum absolute atomic E-state index is 0.0737. The molecule has 3 nitrogen and oxygen atoms in total. The van der Waals surface area contributed by atoms with Gasteiger partial charge < -0.3 is 9.84 Å². The Kier molecular flexibility index (Phi) is 3.72. The van der Waals surface area contributed by atoms with Crippen molar-refractivity contribution in [2.75, 3.05) is 13.2 Å². The van der Waals surface area contributed by atoms with Gasteiger partial charge in [-0.2, -0.15) is 0 Å². The average Bonchev–Trinajstić information content (AvgIpc) is 2.50. The fourth-order valence-electron chi connectivity index (χ4n) is 1.34. The van der Waals surface area contributed by atoms with Crippen LogP contribution in [0, 0.1) is 0 Å². The SMILES string of the molecule is CCCCCC1=NC(C)(CO)CO1. The predicted molar refractivity (Wildman–Crippen MR) is 53.0 cm³/mol. The van der Waals surface area contributed by atoms with Crippen molar-refractivity contribution in [2.24, 2.45) is 4.99 Å². The maximum atomic E-state index is 9.03. The van der Waals surface area contributed by atoms with Crippen LogP contribution in [0.2, 0.25) is 0 Å². The molecule has 1 heterocycles. The van der Waals surface area contributed by atoms with E-state index < -0.39 is 0 Å². The molecule has 0 aromatic carbocycles. The third-order valence-electron chi connectivity index (χ3n) is 2.28. The van der Waals surface area contributed by atoms with Gasteiger partial charge >= 0.3 is 0 Å². The highest BCUT2D eigenvalue weighted by molar-refractivity contribution is 5.78. The summed E-state index contributed by atoms with van der Waals surface area (Å²) in [5, 5.41) is 9.03. The standard InChI is InChI=1S/C10H19NO2/c1-3-4-5-6-9-11-10(2,7-12)8-13-9/h12H,3-8H2,1-2H3. The molecule has 1 unspecified atom stereocenters. The van der Waals surface area contributed by atoms with E-state index in [4.69, 9.17) is 9.84 Å². The molecule has 0 spiro atoms. The van der Waals surface area contributed by atoms with Crippen LogP contribution in [-0.2, 0) is 4.74 Å². The molecular formula is C10H19NO2. The summed E-state index contributed by atoms with van der Waals surface area (Å²) in [6.07, 6.45) is 4.49. The minimum atomic E-state index is -0.373. The molecule has 0 radical (unpaired) electrons. The Hall–Kier alpha value is -0.570. The van der Waals surface area contributed by atoms with Crippen LogP contribution in [0.15, 0.2) is 4.99 Å². The molecule has 13 heavy (non-hydrogen) atoms. The zero-order chi connectivity index (χ0) is 9.73. The van der Waals surface area contributed by atoms with Crippen LogP contribution in [0.25, 0.3) is 0 Å². The lowest BCUT2D eigenvalue weighted by Crippen LogP contribution is -2.28. The maximum Gasteiger partial charge on any atom is 0.184 e. The molecule has 76 valence electrons. The molecule has 1 aliphatic rings. The van der Waals surface area contributed by atoms with Crippen LogP contribution in [0.3, 0.4) is 0 Å². The highest BCUT2D eigenvalue weighted by Gasteiger charge is 2.30. The van der Waals surface area contributed by atoms with Crippen molar-refractivity contribution >= 4 is 5.90 Å². The molecule has 1 atom stereocenters. The summed E-state index contributed by atoms with van der Waals surface area (Å²) in [6.45, 7) is 4.70. The molecule has 0 aromatic heterocycles. The number of aliphatic imine (C=N–C) groups is 1. The first-order valence-electron chi connectivity index (χ1n) is 5.02. The van der Waals surface area contributed by atoms with Crippen molar-refractivity contribution in [3.63, 3.8) is 0 Å². The van der Waals surface area contributed by atoms with E-state index in [0.717, 1.165) is 18.7 Å². The number of unbranched alkanes of at least 4 members (excludes halogenated alkanes) is 2. The van der Waals surface area contributed by atoms with Crippen LogP contribution < -0.4 is 0 Å². The second kappa shape index (κ2) is 4.61. The zero-order valence-corrected chi connectivity index (χ0v) is 8.55. The second-order valence-electron chi connectivity index (χ2n) is 3.91. The molecule has 0 amide bonds. The number of rotatable bonds is 5. The van der Waals surface area contributed by atoms with Gasteiger partial charge in [-0.25, -0.2) is 4.99 Å². The molecule has 0 aromatic rings. The fourth-order valence-corrected chi connectivity index (χ4v) is 1.34. The first kappa shape index (κ1) is 10.5. The summed E-state index contributed by atoms with van der Waals surface area (Å²) in [5.74, 6) is 0.824. The lowest BCUT2D eigenvalue weighted by Gasteiger charge is -2.12. The molecule has 1 aliphatic heterocycles. The minimum Gasteiger partial charge on any atom is -0.478 e. The summed E-state index contributed by atoms with van der Waals surface area (Å²) in [6, 6.07) is 0. The van der Waals surface area contributed by atoms with Crippen LogP contribution >= 0.6 is 0 Å². The van der Waals surface area contributed by atoms with Gasteiger partial charge in [0.25, 0.3) is 0 Å². The molecule has 0 saturated heterocycles. The molecule has 0 saturated carbocycles. The monoisotopic (exact) mass is 185 g/mol. The quantitative estimate of drug-likeness (QED) is 0.663. The largest absolute Gasteiger partial charge is 0.478 e. The molecule has 3 heteroatoms. The van der Waals surface area contributed by atoms with E-state index in [1.54, 1.807) is 0 Å². The zero-order valence-electron chi connectivity index (χ0n) is 8.55. The van der Waals surface area contributed by atoms with Gasteiger partial charge in [-0.1, -0.05) is 19.8 Å². The maximum absolute atomic E-state index is 9.03. The highest BCUT2D eigenvalue weighted by Crippen LogP contribution is 2.19. The molecule has 0 bridgehead atoms. The summed E-state index contributed by atoms with van der Waals surface area (Å²) in [7, 11) is 0. The van der Waals surface area contributed by atoms with Gasteiger partial charge in [0.05, 0.1) is 6.61 Å². The van der Waals surface area contributed by atoms with Crippen LogP contribution in [-0.4, -0.2) is 29.8 Å². The van der Waals surface area contributed by atoms with Gasteiger partial charge in [-0.3, -0.25) is 0 Å². The van der Waals surface area contributed by atoms with Crippen LogP contribution in [0.1, 0.15) is 39.5 Å². The van der Waals surface area contributed by atoms with Crippen molar-refractivity contribution < 1.29 is 9.84 Å². The summed E-state index contributed by atoms with van der Waals surface area (Å²) < 4.78 is 5.40. The molecule has 0 aliphatic carbocycles. The van der Waals surface area contributed by atoms with Crippen molar-refractivity contribution in [3.05, 3.63) is 0 Å². The normalized spacial score (nSPS) is 27.2. The van der Waals surface area contributed by atoms with E-state index in [0.29, 0.717) is 6.61 Å². The van der Waals surface area contributed by atoms with E-state index in [2.05, 4.69) is 11.9 Å². The smallest absolute Gasteiger partial charge is 0.184 e. The molecular weight excluding hydrogens is 166 g/mol. The second-order valence-corrected chi connectivity index (χ2v) is 3.91. The Morgan fingerprint density at radius 2 is 2.31 bits per heavy atom. The van der Waals surface area contributed by atoms with Crippen molar-refractivity contribution in [1.82, 2.24) is 0 Å². The molecule has 0 fully saturated rings. The first-order valence-corrected chi connectivity index (χ1v) is 5.02. The summed E-state index contributed by atoms with van der Waals surface area (Å²) in [5.41, 5.74) is -0.373. The van der Waals surface area contributed by atoms with Gasteiger partial charge in [0.1, 0.15) is 12.1 Å². The summed E-state index contributed by atoms with van der Waals surface area (Å²) in [4.78, 5) is 4.35. The lowest BCUT2D eigenvalue weighted by molar-refractivity contribution is 0.169. The van der Waals surface area contributed by atoms with E-state index >= 15 is 0 Å². The van der Waals surface area contributed by atoms with Crippen LogP contribution in [0.5, 0.6) is 0 Å². The van der Waals surface area contributed by atoms with E-state index in [1.807, 2.05) is 6.92 Å². The first-order chi connectivity index (χ1) is 6.20. The lowest BCUT2D eigenvalue weighted by atomic mass is 10.1. The molecule has 1 rings (SSSR count). The average molecular weight is 185 g/mol. The third kappa shape index (κ3) is 2.99. The summed E-state index contributed by atoms with van der Waals surface area (Å²) >= 11 is 0. The Morgan fingerprint density at radius 3 is 2.85 bits per heavy atom. The van der Waals surface area contributed by atoms with E-state index in [1.165, 1.54) is 12.8 Å². The Bertz CT molecular complexity index is 191. The number of aliphatic hydroxyl groups is 1. The van der Waals surface area contributed by atoms with Gasteiger partial charge in [0.15, 0.2) is 5.90 Å². The fraction of sp³-hybridized carbons (Fsp3) is 0.900. The number of ether oxygens (including phenoxy) is 1. The third-order valence-corrected chi connectivity index (χ3v) is 2.28. The Morgan fingerprint density at radius 1 is 1.54 bits per heavy atom. The topological polar surface area (TPSA) is 41.8 Å². The van der Waals surface area contributed by atoms with Gasteiger partial charge in [-0.15, -0.1) is 0 Å². The van der Waals surface area contributed by atoms with Crippen molar-refractivity contribution in [2.45, 2.75) is 45.1 Å². The van der Waals surface area contributed by atoms with E-state index in [9.17, 15) is 0 Å². The van der Waals surface area contributed by atoms with Crippen LogP contribution in [0.4, 0.5) is 0 Å². The van der Waals surface area contributed by atoms with Crippen molar-refractivity contribution in [3.8, 4) is 0 Å². The Labute approximate surface area is 79.8 Å². The van der Waals surface area contributed by atoms with Crippen molar-refractivity contribution in [1.29, 1.82) is 0 Å². The highest BCUT2D eigenvalue weighted by atomic mass is 16.5. The number of nitrogens with zero attached hydrogens (tertiary/aromatic N) is 1. The van der Waals surface area contributed by atoms with Gasteiger partial charge in [0, 0.05) is 6.42 Å². The van der Waals surface area contributed by atoms with Gasteiger partial charge in [0.2, 0.25) is 0 Å². The van der Waals surface area contributed by atoms with E-state index in [-0.39, 0.29) is 12.1 Å². The Balaban J connectivity index is 2.32.